The normalized spacial score (nSPS) is 13.4. The molecule has 7 aromatic carbocycles. The molecule has 0 amide bonds. The molecular weight excluding hydrogens is 715 g/mol. The predicted octanol–water partition coefficient (Wildman–Crippen LogP) is 14.4. The Balaban J connectivity index is 1.26. The fourth-order valence-corrected chi connectivity index (χ4v) is 11.0. The van der Waals surface area contributed by atoms with Crippen LogP contribution in [0.15, 0.2) is 151 Å². The summed E-state index contributed by atoms with van der Waals surface area (Å²) in [5, 5.41) is 7.03. The van der Waals surface area contributed by atoms with E-state index in [0.717, 1.165) is 50.2 Å². The first-order chi connectivity index (χ1) is 27.9. The first kappa shape index (κ1) is 32.4. The molecule has 0 saturated carbocycles. The van der Waals surface area contributed by atoms with Gasteiger partial charge in [-0.1, -0.05) is 142 Å². The zero-order chi connectivity index (χ0) is 38.2. The fraction of sp³-hybridized carbons (Fsp3) is 0.0769. The van der Waals surface area contributed by atoms with Crippen LogP contribution in [0.1, 0.15) is 35.4 Å². The van der Waals surface area contributed by atoms with Gasteiger partial charge in [0.1, 0.15) is 16.8 Å². The maximum Gasteiger partial charge on any atom is 0.248 e. The van der Waals surface area contributed by atoms with Gasteiger partial charge < -0.3 is 4.42 Å². The number of aromatic nitrogens is 3. The minimum Gasteiger partial charge on any atom is -0.436 e. The van der Waals surface area contributed by atoms with Crippen molar-refractivity contribution in [1.82, 2.24) is 14.5 Å². The molecule has 4 nitrogen and oxygen atoms in total. The number of para-hydroxylation sites is 2. The van der Waals surface area contributed by atoms with E-state index in [1.165, 1.54) is 69.9 Å². The minimum atomic E-state index is -0.174. The quantitative estimate of drug-likeness (QED) is 0.180. The third kappa shape index (κ3) is 4.32. The Morgan fingerprint density at radius 1 is 0.667 bits per heavy atom. The SMILES string of the molecule is C=Cc1ccccc1-c1c(C)sc2c1c1ccccc1c1c3ccccc3n(-c3nc4oc5ccccc5c4nc3-c3ccc4c(c3)C(C)(C)c3ccccc3-4)c21. The number of fused-ring (bicyclic) bond motifs is 14. The lowest BCUT2D eigenvalue weighted by molar-refractivity contribution is 0.651. The number of thiophene rings is 1. The summed E-state index contributed by atoms with van der Waals surface area (Å²) in [7, 11) is 0. The summed E-state index contributed by atoms with van der Waals surface area (Å²) in [6.45, 7) is 11.1. The molecule has 0 radical (unpaired) electrons. The molecule has 270 valence electrons. The third-order valence-corrected chi connectivity index (χ3v) is 13.5. The first-order valence-corrected chi connectivity index (χ1v) is 20.3. The van der Waals surface area contributed by atoms with Crippen molar-refractivity contribution >= 4 is 82.3 Å². The Bertz CT molecular complexity index is 3540. The molecule has 0 saturated heterocycles. The van der Waals surface area contributed by atoms with Crippen molar-refractivity contribution < 1.29 is 4.42 Å². The van der Waals surface area contributed by atoms with Crippen LogP contribution in [0.2, 0.25) is 0 Å². The minimum absolute atomic E-state index is 0.174. The maximum atomic E-state index is 6.53. The molecule has 0 aliphatic heterocycles. The second-order valence-corrected chi connectivity index (χ2v) is 17.0. The van der Waals surface area contributed by atoms with Gasteiger partial charge in [-0.3, -0.25) is 4.57 Å². The Morgan fingerprint density at radius 2 is 1.33 bits per heavy atom. The summed E-state index contributed by atoms with van der Waals surface area (Å²) < 4.78 is 10.1. The van der Waals surface area contributed by atoms with Crippen LogP contribution in [0, 0.1) is 6.92 Å². The molecule has 57 heavy (non-hydrogen) atoms. The summed E-state index contributed by atoms with van der Waals surface area (Å²) in [4.78, 5) is 12.4. The Morgan fingerprint density at radius 3 is 2.16 bits per heavy atom. The molecular formula is C52H35N3OS. The van der Waals surface area contributed by atoms with Crippen LogP contribution in [0.25, 0.3) is 110 Å². The molecule has 12 rings (SSSR count). The van der Waals surface area contributed by atoms with Gasteiger partial charge in [0.05, 0.1) is 15.7 Å². The van der Waals surface area contributed by atoms with Gasteiger partial charge in [0.2, 0.25) is 5.71 Å². The Hall–Kier alpha value is -6.82. The van der Waals surface area contributed by atoms with E-state index in [1.54, 1.807) is 0 Å². The van der Waals surface area contributed by atoms with Crippen LogP contribution in [-0.2, 0) is 5.41 Å². The van der Waals surface area contributed by atoms with Gasteiger partial charge in [-0.25, -0.2) is 4.98 Å². The Kier molecular flexibility index (Phi) is 6.60. The highest BCUT2D eigenvalue weighted by Gasteiger charge is 2.36. The second-order valence-electron chi connectivity index (χ2n) is 15.7. The monoisotopic (exact) mass is 749 g/mol. The van der Waals surface area contributed by atoms with Gasteiger partial charge in [-0.2, -0.15) is 4.98 Å². The van der Waals surface area contributed by atoms with Crippen molar-refractivity contribution in [1.29, 1.82) is 0 Å². The van der Waals surface area contributed by atoms with E-state index in [2.05, 4.69) is 153 Å². The van der Waals surface area contributed by atoms with Crippen molar-refractivity contribution in [3.8, 4) is 39.3 Å². The molecule has 1 aliphatic carbocycles. The largest absolute Gasteiger partial charge is 0.436 e. The van der Waals surface area contributed by atoms with Crippen LogP contribution < -0.4 is 0 Å². The lowest BCUT2D eigenvalue weighted by Crippen LogP contribution is -2.15. The van der Waals surface area contributed by atoms with Gasteiger partial charge in [0.15, 0.2) is 5.82 Å². The maximum absolute atomic E-state index is 6.53. The van der Waals surface area contributed by atoms with E-state index in [0.29, 0.717) is 5.71 Å². The number of hydrogen-bond donors (Lipinski definition) is 0. The van der Waals surface area contributed by atoms with E-state index in [-0.39, 0.29) is 5.41 Å². The van der Waals surface area contributed by atoms with E-state index in [1.807, 2.05) is 35.6 Å². The summed E-state index contributed by atoms with van der Waals surface area (Å²) in [6.07, 6.45) is 1.97. The molecule has 0 atom stereocenters. The number of benzene rings is 7. The lowest BCUT2D eigenvalue weighted by Gasteiger charge is -2.22. The standard InChI is InChI=1S/C52H35N3OS/c1-5-30-16-6-7-17-32(30)43-29(2)57-49-45(43)36-20-9-8-19-35(36)44-37-21-11-14-24-41(37)55(48(44)49)50-46(53-47-38-22-12-15-25-42(38)56-51(47)54-50)31-26-27-34-33-18-10-13-23-39(33)52(3,4)40(34)28-31/h5-28H,1H2,2-4H3. The van der Waals surface area contributed by atoms with Crippen LogP contribution in [0.3, 0.4) is 0 Å². The van der Waals surface area contributed by atoms with E-state index >= 15 is 0 Å². The molecule has 4 aromatic heterocycles. The van der Waals surface area contributed by atoms with Gasteiger partial charge in [0.25, 0.3) is 0 Å². The van der Waals surface area contributed by atoms with Gasteiger partial charge in [0, 0.05) is 43.0 Å². The topological polar surface area (TPSA) is 43.9 Å². The van der Waals surface area contributed by atoms with Crippen LogP contribution >= 0.6 is 11.3 Å². The van der Waals surface area contributed by atoms with Crippen molar-refractivity contribution in [2.75, 3.05) is 0 Å². The van der Waals surface area contributed by atoms with Gasteiger partial charge in [-0.15, -0.1) is 11.3 Å². The summed E-state index contributed by atoms with van der Waals surface area (Å²) in [5.74, 6) is 0.747. The molecule has 11 aromatic rings. The number of aryl methyl sites for hydroxylation is 1. The number of hydrogen-bond acceptors (Lipinski definition) is 4. The summed E-state index contributed by atoms with van der Waals surface area (Å²) >= 11 is 1.85. The van der Waals surface area contributed by atoms with Crippen molar-refractivity contribution in [3.63, 3.8) is 0 Å². The number of rotatable bonds is 4. The van der Waals surface area contributed by atoms with Gasteiger partial charge in [-0.05, 0) is 75.3 Å². The Labute approximate surface area is 333 Å². The zero-order valence-corrected chi connectivity index (χ0v) is 32.5. The highest BCUT2D eigenvalue weighted by molar-refractivity contribution is 7.21. The van der Waals surface area contributed by atoms with E-state index < -0.39 is 0 Å². The smallest absolute Gasteiger partial charge is 0.248 e. The lowest BCUT2D eigenvalue weighted by atomic mass is 9.82. The average molecular weight is 750 g/mol. The third-order valence-electron chi connectivity index (χ3n) is 12.4. The summed E-state index contributed by atoms with van der Waals surface area (Å²) in [5.41, 5.74) is 14.7. The molecule has 0 fully saturated rings. The molecule has 0 unspecified atom stereocenters. The van der Waals surface area contributed by atoms with Crippen LogP contribution in [-0.4, -0.2) is 14.5 Å². The second kappa shape index (κ2) is 11.6. The molecule has 0 bridgehead atoms. The van der Waals surface area contributed by atoms with E-state index in [4.69, 9.17) is 14.4 Å². The van der Waals surface area contributed by atoms with Crippen LogP contribution in [0.5, 0.6) is 0 Å². The molecule has 5 heteroatoms. The van der Waals surface area contributed by atoms with Crippen molar-refractivity contribution in [2.45, 2.75) is 26.2 Å². The number of nitrogens with zero attached hydrogens (tertiary/aromatic N) is 3. The fourth-order valence-electron chi connectivity index (χ4n) is 9.78. The van der Waals surface area contributed by atoms with Crippen molar-refractivity contribution in [2.24, 2.45) is 0 Å². The zero-order valence-electron chi connectivity index (χ0n) is 31.7. The van der Waals surface area contributed by atoms with E-state index in [9.17, 15) is 0 Å². The predicted molar refractivity (Wildman–Crippen MR) is 240 cm³/mol. The first-order valence-electron chi connectivity index (χ1n) is 19.5. The van der Waals surface area contributed by atoms with Crippen molar-refractivity contribution in [3.05, 3.63) is 168 Å². The molecule has 0 N–H and O–H groups in total. The summed E-state index contributed by atoms with van der Waals surface area (Å²) in [6, 6.07) is 50.0. The van der Waals surface area contributed by atoms with Gasteiger partial charge >= 0.3 is 0 Å². The molecule has 4 heterocycles. The molecule has 1 aliphatic rings. The highest BCUT2D eigenvalue weighted by Crippen LogP contribution is 2.52. The van der Waals surface area contributed by atoms with Crippen LogP contribution in [0.4, 0.5) is 0 Å². The number of furan rings is 1. The molecule has 0 spiro atoms. The average Bonchev–Trinajstić information content (AvgIpc) is 3.96. The highest BCUT2D eigenvalue weighted by atomic mass is 32.1.